The van der Waals surface area contributed by atoms with Crippen LogP contribution >= 0.6 is 0 Å². The second-order valence-corrected chi connectivity index (χ2v) is 6.65. The molecule has 5 nitrogen and oxygen atoms in total. The molecule has 2 aromatic rings. The van der Waals surface area contributed by atoms with Crippen LogP contribution in [0.3, 0.4) is 0 Å². The zero-order valence-corrected chi connectivity index (χ0v) is 13.3. The molecule has 5 heteroatoms. The average Bonchev–Trinajstić information content (AvgIpc) is 2.89. The maximum Gasteiger partial charge on any atom is 0.143 e. The van der Waals surface area contributed by atoms with Crippen molar-refractivity contribution in [3.8, 4) is 5.82 Å². The molecule has 0 aliphatic heterocycles. The van der Waals surface area contributed by atoms with Crippen LogP contribution in [0.25, 0.3) is 5.82 Å². The monoisotopic (exact) mass is 285 g/mol. The van der Waals surface area contributed by atoms with Crippen molar-refractivity contribution in [1.82, 2.24) is 19.5 Å². The van der Waals surface area contributed by atoms with Crippen LogP contribution in [0.2, 0.25) is 0 Å². The Morgan fingerprint density at radius 2 is 1.90 bits per heavy atom. The lowest BCUT2D eigenvalue weighted by atomic mass is 9.96. The van der Waals surface area contributed by atoms with Crippen molar-refractivity contribution in [2.45, 2.75) is 51.9 Å². The predicted molar refractivity (Wildman–Crippen MR) is 84.0 cm³/mol. The van der Waals surface area contributed by atoms with Gasteiger partial charge in [-0.1, -0.05) is 20.8 Å². The van der Waals surface area contributed by atoms with Crippen LogP contribution in [0.15, 0.2) is 12.4 Å². The Bertz CT molecular complexity index is 651. The first kappa shape index (κ1) is 14.0. The van der Waals surface area contributed by atoms with Crippen LogP contribution < -0.4 is 5.32 Å². The number of hydrogen-bond acceptors (Lipinski definition) is 4. The van der Waals surface area contributed by atoms with E-state index in [1.165, 1.54) is 24.2 Å². The van der Waals surface area contributed by atoms with Gasteiger partial charge in [-0.2, -0.15) is 0 Å². The summed E-state index contributed by atoms with van der Waals surface area (Å²) in [5.41, 5.74) is 2.45. The lowest BCUT2D eigenvalue weighted by molar-refractivity contribution is 0.543. The Morgan fingerprint density at radius 1 is 1.14 bits per heavy atom. The van der Waals surface area contributed by atoms with Crippen LogP contribution in [0, 0.1) is 0 Å². The molecule has 0 unspecified atom stereocenters. The van der Waals surface area contributed by atoms with Crippen LogP contribution in [0.1, 0.15) is 50.8 Å². The van der Waals surface area contributed by atoms with Gasteiger partial charge in [0.2, 0.25) is 0 Å². The van der Waals surface area contributed by atoms with Gasteiger partial charge in [0.15, 0.2) is 0 Å². The fourth-order valence-corrected chi connectivity index (χ4v) is 2.69. The smallest absolute Gasteiger partial charge is 0.143 e. The molecule has 1 aliphatic rings. The minimum atomic E-state index is -0.0811. The van der Waals surface area contributed by atoms with Crippen LogP contribution in [0.4, 0.5) is 5.82 Å². The van der Waals surface area contributed by atoms with Crippen LogP contribution in [0.5, 0.6) is 0 Å². The first-order chi connectivity index (χ1) is 9.99. The van der Waals surface area contributed by atoms with E-state index in [-0.39, 0.29) is 5.41 Å². The summed E-state index contributed by atoms with van der Waals surface area (Å²) in [6, 6.07) is 1.99. The van der Waals surface area contributed by atoms with Gasteiger partial charge in [-0.15, -0.1) is 0 Å². The number of rotatable bonds is 2. The molecule has 0 spiro atoms. The molecule has 0 saturated carbocycles. The third kappa shape index (κ3) is 2.64. The maximum atomic E-state index is 4.78. The molecule has 112 valence electrons. The van der Waals surface area contributed by atoms with E-state index in [4.69, 9.17) is 4.98 Å². The number of anilines is 1. The van der Waals surface area contributed by atoms with Crippen molar-refractivity contribution in [2.24, 2.45) is 0 Å². The van der Waals surface area contributed by atoms with Gasteiger partial charge >= 0.3 is 0 Å². The quantitative estimate of drug-likeness (QED) is 0.922. The second-order valence-electron chi connectivity index (χ2n) is 6.65. The van der Waals surface area contributed by atoms with E-state index in [0.29, 0.717) is 0 Å². The van der Waals surface area contributed by atoms with E-state index in [1.807, 2.05) is 19.4 Å². The van der Waals surface area contributed by atoms with Crippen molar-refractivity contribution in [3.05, 3.63) is 29.6 Å². The van der Waals surface area contributed by atoms with E-state index >= 15 is 0 Å². The highest BCUT2D eigenvalue weighted by molar-refractivity contribution is 5.43. The SMILES string of the molecule is CNc1cc(-n2cnc3c2CCCC3)nc(C(C)(C)C)n1. The maximum absolute atomic E-state index is 4.78. The first-order valence-electron chi connectivity index (χ1n) is 7.62. The van der Waals surface area contributed by atoms with Gasteiger partial charge in [0.1, 0.15) is 23.8 Å². The molecule has 0 saturated heterocycles. The fourth-order valence-electron chi connectivity index (χ4n) is 2.69. The van der Waals surface area contributed by atoms with Gasteiger partial charge in [0, 0.05) is 24.2 Å². The second kappa shape index (κ2) is 5.13. The summed E-state index contributed by atoms with van der Waals surface area (Å²) < 4.78 is 2.13. The van der Waals surface area contributed by atoms with Crippen LogP contribution in [-0.4, -0.2) is 26.6 Å². The molecule has 1 N–H and O–H groups in total. The number of aromatic nitrogens is 4. The number of nitrogens with one attached hydrogen (secondary N) is 1. The molecule has 0 fully saturated rings. The summed E-state index contributed by atoms with van der Waals surface area (Å²) in [6.45, 7) is 6.40. The van der Waals surface area contributed by atoms with Crippen molar-refractivity contribution < 1.29 is 0 Å². The Balaban J connectivity index is 2.12. The molecule has 0 bridgehead atoms. The summed E-state index contributed by atoms with van der Waals surface area (Å²) in [5, 5.41) is 3.14. The van der Waals surface area contributed by atoms with E-state index in [2.05, 4.69) is 40.6 Å². The molecule has 0 atom stereocenters. The summed E-state index contributed by atoms with van der Waals surface area (Å²) >= 11 is 0. The third-order valence-corrected chi connectivity index (χ3v) is 3.92. The number of hydrogen-bond donors (Lipinski definition) is 1. The van der Waals surface area contributed by atoms with Gasteiger partial charge in [-0.3, -0.25) is 4.57 Å². The number of imidazole rings is 1. The topological polar surface area (TPSA) is 55.6 Å². The van der Waals surface area contributed by atoms with E-state index in [1.54, 1.807) is 0 Å². The number of aryl methyl sites for hydroxylation is 1. The normalized spacial score (nSPS) is 14.9. The lowest BCUT2D eigenvalue weighted by Gasteiger charge is -2.20. The Morgan fingerprint density at radius 3 is 2.62 bits per heavy atom. The molecule has 2 aromatic heterocycles. The Labute approximate surface area is 125 Å². The predicted octanol–water partition coefficient (Wildman–Crippen LogP) is 2.88. The average molecular weight is 285 g/mol. The zero-order valence-electron chi connectivity index (χ0n) is 13.3. The van der Waals surface area contributed by atoms with E-state index in [9.17, 15) is 0 Å². The first-order valence-corrected chi connectivity index (χ1v) is 7.62. The largest absolute Gasteiger partial charge is 0.373 e. The molecular formula is C16H23N5. The summed E-state index contributed by atoms with van der Waals surface area (Å²) in [7, 11) is 1.89. The van der Waals surface area contributed by atoms with Gasteiger partial charge in [0.05, 0.1) is 5.69 Å². The van der Waals surface area contributed by atoms with Crippen molar-refractivity contribution in [2.75, 3.05) is 12.4 Å². The molecule has 3 rings (SSSR count). The highest BCUT2D eigenvalue weighted by atomic mass is 15.2. The van der Waals surface area contributed by atoms with E-state index in [0.717, 1.165) is 30.3 Å². The molecule has 2 heterocycles. The standard InChI is InChI=1S/C16H23N5/c1-16(2,3)15-19-13(17-4)9-14(20-15)21-10-18-11-7-5-6-8-12(11)21/h9-10H,5-8H2,1-4H3,(H,17,19,20). The van der Waals surface area contributed by atoms with Gasteiger partial charge in [-0.05, 0) is 25.7 Å². The van der Waals surface area contributed by atoms with Crippen molar-refractivity contribution in [3.63, 3.8) is 0 Å². The van der Waals surface area contributed by atoms with Crippen molar-refractivity contribution >= 4 is 5.82 Å². The Kier molecular flexibility index (Phi) is 3.43. The molecular weight excluding hydrogens is 262 g/mol. The minimum absolute atomic E-state index is 0.0811. The highest BCUT2D eigenvalue weighted by Gasteiger charge is 2.21. The summed E-state index contributed by atoms with van der Waals surface area (Å²) in [5.74, 6) is 2.61. The minimum Gasteiger partial charge on any atom is -0.373 e. The molecule has 0 amide bonds. The number of nitrogens with zero attached hydrogens (tertiary/aromatic N) is 4. The number of fused-ring (bicyclic) bond motifs is 1. The molecule has 0 radical (unpaired) electrons. The highest BCUT2D eigenvalue weighted by Crippen LogP contribution is 2.25. The summed E-state index contributed by atoms with van der Waals surface area (Å²) in [4.78, 5) is 13.9. The molecule has 1 aliphatic carbocycles. The molecule has 0 aromatic carbocycles. The van der Waals surface area contributed by atoms with Gasteiger partial charge in [0.25, 0.3) is 0 Å². The van der Waals surface area contributed by atoms with Gasteiger partial charge < -0.3 is 5.32 Å². The van der Waals surface area contributed by atoms with Gasteiger partial charge in [-0.25, -0.2) is 15.0 Å². The summed E-state index contributed by atoms with van der Waals surface area (Å²) in [6.07, 6.45) is 6.54. The third-order valence-electron chi connectivity index (χ3n) is 3.92. The zero-order chi connectivity index (χ0) is 15.0. The lowest BCUT2D eigenvalue weighted by Crippen LogP contribution is -2.19. The van der Waals surface area contributed by atoms with Crippen molar-refractivity contribution in [1.29, 1.82) is 0 Å². The molecule has 21 heavy (non-hydrogen) atoms. The fraction of sp³-hybridized carbons (Fsp3) is 0.562. The van der Waals surface area contributed by atoms with Crippen LogP contribution in [-0.2, 0) is 18.3 Å². The Hall–Kier alpha value is -1.91. The van der Waals surface area contributed by atoms with E-state index < -0.39 is 0 Å².